The van der Waals surface area contributed by atoms with Crippen molar-refractivity contribution in [2.45, 2.75) is 32.7 Å². The Hall–Kier alpha value is -3.60. The van der Waals surface area contributed by atoms with Gasteiger partial charge in [0, 0.05) is 6.07 Å². The first-order valence-corrected chi connectivity index (χ1v) is 9.64. The van der Waals surface area contributed by atoms with Gasteiger partial charge in [-0.3, -0.25) is 4.79 Å². The lowest BCUT2D eigenvalue weighted by molar-refractivity contribution is -0.160. The van der Waals surface area contributed by atoms with Crippen molar-refractivity contribution in [1.82, 2.24) is 0 Å². The summed E-state index contributed by atoms with van der Waals surface area (Å²) in [6.45, 7) is 3.73. The quantitative estimate of drug-likeness (QED) is 0.372. The zero-order valence-electron chi connectivity index (χ0n) is 17.0. The van der Waals surface area contributed by atoms with Gasteiger partial charge in [-0.25, -0.2) is 4.79 Å². The number of benzene rings is 3. The fourth-order valence-corrected chi connectivity index (χ4v) is 2.74. The van der Waals surface area contributed by atoms with Crippen molar-refractivity contribution >= 4 is 12.3 Å². The van der Waals surface area contributed by atoms with Crippen molar-refractivity contribution in [3.05, 3.63) is 95.6 Å². The molecular formula is C25H24O5. The van der Waals surface area contributed by atoms with Gasteiger partial charge in [-0.2, -0.15) is 0 Å². The molecule has 3 aromatic rings. The van der Waals surface area contributed by atoms with E-state index in [0.717, 1.165) is 11.1 Å². The van der Waals surface area contributed by atoms with Crippen molar-refractivity contribution in [2.75, 3.05) is 0 Å². The molecule has 0 saturated carbocycles. The molecule has 0 bridgehead atoms. The van der Waals surface area contributed by atoms with Gasteiger partial charge in [-0.15, -0.1) is 0 Å². The van der Waals surface area contributed by atoms with Crippen LogP contribution in [0.25, 0.3) is 0 Å². The minimum Gasteiger partial charge on any atom is -0.489 e. The summed E-state index contributed by atoms with van der Waals surface area (Å²) in [5.74, 6) is 0.268. The molecule has 0 fully saturated rings. The zero-order valence-corrected chi connectivity index (χ0v) is 17.0. The summed E-state index contributed by atoms with van der Waals surface area (Å²) in [4.78, 5) is 24.0. The number of esters is 1. The lowest BCUT2D eigenvalue weighted by Gasteiger charge is -2.25. The molecule has 5 nitrogen and oxygen atoms in total. The summed E-state index contributed by atoms with van der Waals surface area (Å²) in [6, 6.07) is 24.0. The second kappa shape index (κ2) is 9.74. The van der Waals surface area contributed by atoms with Crippen LogP contribution in [0.15, 0.2) is 78.9 Å². The van der Waals surface area contributed by atoms with Crippen LogP contribution in [0.1, 0.15) is 35.3 Å². The molecule has 154 valence electrons. The van der Waals surface area contributed by atoms with E-state index in [2.05, 4.69) is 0 Å². The smallest absolute Gasteiger partial charge is 0.350 e. The van der Waals surface area contributed by atoms with Gasteiger partial charge in [0.1, 0.15) is 24.7 Å². The highest BCUT2D eigenvalue weighted by Crippen LogP contribution is 2.28. The molecule has 3 rings (SSSR count). The van der Waals surface area contributed by atoms with E-state index in [1.54, 1.807) is 32.0 Å². The molecule has 0 atom stereocenters. The van der Waals surface area contributed by atoms with Crippen LogP contribution in [0.2, 0.25) is 0 Å². The van der Waals surface area contributed by atoms with Gasteiger partial charge in [-0.05, 0) is 37.1 Å². The van der Waals surface area contributed by atoms with Gasteiger partial charge in [-0.1, -0.05) is 60.7 Å². The molecule has 0 aliphatic heterocycles. The van der Waals surface area contributed by atoms with E-state index in [9.17, 15) is 9.59 Å². The summed E-state index contributed by atoms with van der Waals surface area (Å²) in [7, 11) is 0. The number of hydrogen-bond donors (Lipinski definition) is 0. The summed E-state index contributed by atoms with van der Waals surface area (Å²) < 4.78 is 17.1. The average molecular weight is 404 g/mol. The Balaban J connectivity index is 1.68. The van der Waals surface area contributed by atoms with Crippen molar-refractivity contribution in [1.29, 1.82) is 0 Å². The minimum atomic E-state index is -1.29. The summed E-state index contributed by atoms with van der Waals surface area (Å²) in [6.07, 6.45) is 0.682. The van der Waals surface area contributed by atoms with E-state index >= 15 is 0 Å². The topological polar surface area (TPSA) is 61.8 Å². The highest BCUT2D eigenvalue weighted by molar-refractivity contribution is 5.82. The average Bonchev–Trinajstić information content (AvgIpc) is 2.77. The number of aldehydes is 1. The Morgan fingerprint density at radius 1 is 0.867 bits per heavy atom. The monoisotopic (exact) mass is 404 g/mol. The molecule has 0 aliphatic carbocycles. The second-order valence-corrected chi connectivity index (χ2v) is 7.27. The molecular weight excluding hydrogens is 380 g/mol. The first-order valence-electron chi connectivity index (χ1n) is 9.64. The third kappa shape index (κ3) is 5.70. The van der Waals surface area contributed by atoms with E-state index in [0.29, 0.717) is 24.2 Å². The van der Waals surface area contributed by atoms with E-state index in [1.807, 2.05) is 60.7 Å². The van der Waals surface area contributed by atoms with E-state index in [4.69, 9.17) is 14.2 Å². The largest absolute Gasteiger partial charge is 0.489 e. The van der Waals surface area contributed by atoms with Gasteiger partial charge in [0.25, 0.3) is 0 Å². The van der Waals surface area contributed by atoms with Crippen LogP contribution in [0.5, 0.6) is 11.5 Å². The van der Waals surface area contributed by atoms with Crippen LogP contribution >= 0.6 is 0 Å². The van der Waals surface area contributed by atoms with Gasteiger partial charge in [0.05, 0.1) is 5.56 Å². The van der Waals surface area contributed by atoms with Crippen LogP contribution in [0.3, 0.4) is 0 Å². The molecule has 0 spiro atoms. The molecule has 0 N–H and O–H groups in total. The Labute approximate surface area is 176 Å². The third-order valence-corrected chi connectivity index (χ3v) is 4.43. The SMILES string of the molecule is CC(C)(Oc1cc(OCc2ccccc2)ccc1C=O)C(=O)OCc1ccccc1. The normalized spacial score (nSPS) is 10.9. The van der Waals surface area contributed by atoms with Gasteiger partial charge in [0.2, 0.25) is 0 Å². The lowest BCUT2D eigenvalue weighted by atomic mass is 10.1. The number of carbonyl (C=O) groups excluding carboxylic acids is 2. The Morgan fingerprint density at radius 2 is 1.47 bits per heavy atom. The zero-order chi connectivity index (χ0) is 21.4. The maximum absolute atomic E-state index is 12.6. The van der Waals surface area contributed by atoms with Crippen LogP contribution < -0.4 is 9.47 Å². The maximum atomic E-state index is 12.6. The number of rotatable bonds is 9. The van der Waals surface area contributed by atoms with E-state index in [1.165, 1.54) is 0 Å². The molecule has 0 radical (unpaired) electrons. The standard InChI is InChI=1S/C25H24O5/c1-25(2,24(27)29-18-20-11-7-4-8-12-20)30-23-15-22(14-13-21(23)16-26)28-17-19-9-5-3-6-10-19/h3-16H,17-18H2,1-2H3. The molecule has 0 unspecified atom stereocenters. The first-order chi connectivity index (χ1) is 14.5. The van der Waals surface area contributed by atoms with Crippen LogP contribution in [0, 0.1) is 0 Å². The van der Waals surface area contributed by atoms with E-state index in [-0.39, 0.29) is 12.4 Å². The van der Waals surface area contributed by atoms with Crippen LogP contribution in [-0.4, -0.2) is 17.9 Å². The number of hydrogen-bond acceptors (Lipinski definition) is 5. The molecule has 0 amide bonds. The lowest BCUT2D eigenvalue weighted by Crippen LogP contribution is -2.39. The van der Waals surface area contributed by atoms with Crippen molar-refractivity contribution < 1.29 is 23.8 Å². The molecule has 0 aliphatic rings. The van der Waals surface area contributed by atoms with Crippen molar-refractivity contribution in [2.24, 2.45) is 0 Å². The fourth-order valence-electron chi connectivity index (χ4n) is 2.74. The van der Waals surface area contributed by atoms with Gasteiger partial charge < -0.3 is 14.2 Å². The van der Waals surface area contributed by atoms with Gasteiger partial charge >= 0.3 is 5.97 Å². The van der Waals surface area contributed by atoms with Crippen molar-refractivity contribution in [3.63, 3.8) is 0 Å². The Morgan fingerprint density at radius 3 is 2.07 bits per heavy atom. The van der Waals surface area contributed by atoms with Crippen LogP contribution in [-0.2, 0) is 22.7 Å². The molecule has 3 aromatic carbocycles. The molecule has 5 heteroatoms. The molecule has 30 heavy (non-hydrogen) atoms. The Kier molecular flexibility index (Phi) is 6.86. The first kappa shape index (κ1) is 21.1. The molecule has 0 saturated heterocycles. The third-order valence-electron chi connectivity index (χ3n) is 4.43. The summed E-state index contributed by atoms with van der Waals surface area (Å²) >= 11 is 0. The van der Waals surface area contributed by atoms with Crippen LogP contribution in [0.4, 0.5) is 0 Å². The molecule has 0 heterocycles. The van der Waals surface area contributed by atoms with Gasteiger partial charge in [0.15, 0.2) is 11.9 Å². The minimum absolute atomic E-state index is 0.146. The highest BCUT2D eigenvalue weighted by Gasteiger charge is 2.32. The number of carbonyl (C=O) groups is 2. The maximum Gasteiger partial charge on any atom is 0.350 e. The highest BCUT2D eigenvalue weighted by atomic mass is 16.6. The predicted octanol–water partition coefficient (Wildman–Crippen LogP) is 4.98. The second-order valence-electron chi connectivity index (χ2n) is 7.27. The molecule has 0 aromatic heterocycles. The van der Waals surface area contributed by atoms with Crippen molar-refractivity contribution in [3.8, 4) is 11.5 Å². The Bertz CT molecular complexity index is 981. The summed E-state index contributed by atoms with van der Waals surface area (Å²) in [5, 5.41) is 0. The fraction of sp³-hybridized carbons (Fsp3) is 0.200. The summed E-state index contributed by atoms with van der Waals surface area (Å²) in [5.41, 5.74) is 0.937. The van der Waals surface area contributed by atoms with E-state index < -0.39 is 11.6 Å². The number of ether oxygens (including phenoxy) is 3. The predicted molar refractivity (Wildman–Crippen MR) is 114 cm³/mol.